The largest absolute Gasteiger partial charge is 0.495 e. The molecule has 35 heavy (non-hydrogen) atoms. The zero-order valence-electron chi connectivity index (χ0n) is 20.3. The number of nitrogens with one attached hydrogen (secondary N) is 2. The topological polar surface area (TPSA) is 96.5 Å². The second-order valence-corrected chi connectivity index (χ2v) is 11.8. The Morgan fingerprint density at radius 2 is 1.71 bits per heavy atom. The van der Waals surface area contributed by atoms with Crippen LogP contribution in [0.3, 0.4) is 0 Å². The predicted octanol–water partition coefficient (Wildman–Crippen LogP) is 4.66. The van der Waals surface area contributed by atoms with Crippen LogP contribution in [0.5, 0.6) is 5.75 Å². The van der Waals surface area contributed by atoms with Crippen molar-refractivity contribution >= 4 is 48.6 Å². The van der Waals surface area contributed by atoms with Crippen molar-refractivity contribution in [2.45, 2.75) is 30.6 Å². The summed E-state index contributed by atoms with van der Waals surface area (Å²) in [7, 11) is 1.80. The van der Waals surface area contributed by atoms with Crippen molar-refractivity contribution in [1.82, 2.24) is 14.7 Å². The minimum absolute atomic E-state index is 0.153. The fraction of sp³-hybridized carbons (Fsp3) is 0.440. The first-order chi connectivity index (χ1) is 16.8. The first-order valence-corrected chi connectivity index (χ1v) is 14.1. The second kappa shape index (κ2) is 11.1. The van der Waals surface area contributed by atoms with E-state index in [4.69, 9.17) is 9.72 Å². The van der Waals surface area contributed by atoms with Gasteiger partial charge in [-0.15, -0.1) is 0 Å². The van der Waals surface area contributed by atoms with E-state index in [-0.39, 0.29) is 4.90 Å². The predicted molar refractivity (Wildman–Crippen MR) is 144 cm³/mol. The van der Waals surface area contributed by atoms with Crippen LogP contribution in [0, 0.1) is 11.8 Å². The van der Waals surface area contributed by atoms with E-state index < -0.39 is 10.0 Å². The summed E-state index contributed by atoms with van der Waals surface area (Å²) in [6.07, 6.45) is 4.03. The Hall–Kier alpha value is -2.43. The molecule has 0 saturated heterocycles. The van der Waals surface area contributed by atoms with Gasteiger partial charge in [0.05, 0.1) is 12.6 Å². The van der Waals surface area contributed by atoms with Gasteiger partial charge >= 0.3 is 0 Å². The number of aromatic nitrogens is 2. The van der Waals surface area contributed by atoms with Gasteiger partial charge in [0.1, 0.15) is 16.5 Å². The molecule has 0 bridgehead atoms. The highest BCUT2D eigenvalue weighted by molar-refractivity contribution is 9.10. The monoisotopic (exact) mass is 561 g/mol. The molecule has 0 aliphatic heterocycles. The van der Waals surface area contributed by atoms with E-state index in [0.717, 1.165) is 48.9 Å². The molecule has 2 aromatic carbocycles. The molecule has 3 aromatic rings. The Morgan fingerprint density at radius 1 is 1.03 bits per heavy atom. The van der Waals surface area contributed by atoms with Crippen molar-refractivity contribution in [1.29, 1.82) is 0 Å². The molecular weight excluding hydrogens is 530 g/mol. The smallest absolute Gasteiger partial charge is 0.244 e. The zero-order chi connectivity index (χ0) is 25.0. The molecular formula is C25H32BrN5O3S. The van der Waals surface area contributed by atoms with Crippen LogP contribution in [0.25, 0.3) is 10.9 Å². The lowest BCUT2D eigenvalue weighted by atomic mass is 9.82. The average molecular weight is 563 g/mol. The molecule has 188 valence electrons. The third-order valence-electron chi connectivity index (χ3n) is 6.50. The first-order valence-electron chi connectivity index (χ1n) is 11.8. The molecule has 0 atom stereocenters. The van der Waals surface area contributed by atoms with Crippen molar-refractivity contribution < 1.29 is 13.2 Å². The number of methoxy groups -OCH3 is 1. The van der Waals surface area contributed by atoms with Gasteiger partial charge in [-0.25, -0.2) is 18.1 Å². The van der Waals surface area contributed by atoms with Crippen LogP contribution in [0.15, 0.2) is 51.8 Å². The number of fused-ring (bicyclic) bond motifs is 1. The summed E-state index contributed by atoms with van der Waals surface area (Å²) < 4.78 is 34.4. The van der Waals surface area contributed by atoms with E-state index in [0.29, 0.717) is 34.6 Å². The van der Waals surface area contributed by atoms with Gasteiger partial charge in [0, 0.05) is 37.0 Å². The van der Waals surface area contributed by atoms with E-state index in [1.807, 2.05) is 43.3 Å². The van der Waals surface area contributed by atoms with Crippen molar-refractivity contribution in [3.63, 3.8) is 0 Å². The lowest BCUT2D eigenvalue weighted by Gasteiger charge is -2.29. The van der Waals surface area contributed by atoms with Crippen molar-refractivity contribution in [3.8, 4) is 5.75 Å². The number of sulfonamides is 1. The van der Waals surface area contributed by atoms with Gasteiger partial charge in [-0.1, -0.05) is 28.1 Å². The van der Waals surface area contributed by atoms with Crippen LogP contribution in [0.2, 0.25) is 0 Å². The van der Waals surface area contributed by atoms with Crippen molar-refractivity contribution in [2.75, 3.05) is 44.5 Å². The Morgan fingerprint density at radius 3 is 2.40 bits per heavy atom. The molecule has 1 saturated carbocycles. The summed E-state index contributed by atoms with van der Waals surface area (Å²) in [5, 5.41) is 4.47. The summed E-state index contributed by atoms with van der Waals surface area (Å²) in [5.74, 6) is 2.70. The highest BCUT2D eigenvalue weighted by Crippen LogP contribution is 2.31. The molecule has 8 nitrogen and oxygen atoms in total. The number of para-hydroxylation sites is 1. The Labute approximate surface area is 215 Å². The quantitative estimate of drug-likeness (QED) is 0.392. The van der Waals surface area contributed by atoms with Crippen molar-refractivity contribution in [2.24, 2.45) is 11.8 Å². The molecule has 0 radical (unpaired) electrons. The van der Waals surface area contributed by atoms with Crippen LogP contribution in [-0.2, 0) is 10.0 Å². The maximum Gasteiger partial charge on any atom is 0.244 e. The second-order valence-electron chi connectivity index (χ2n) is 9.20. The maximum absolute atomic E-state index is 12.9. The van der Waals surface area contributed by atoms with Gasteiger partial charge in [0.15, 0.2) is 0 Å². The van der Waals surface area contributed by atoms with E-state index >= 15 is 0 Å². The number of ether oxygens (including phenoxy) is 1. The lowest BCUT2D eigenvalue weighted by molar-refractivity contribution is 0.284. The Bertz CT molecular complexity index is 1280. The normalized spacial score (nSPS) is 18.4. The molecule has 1 heterocycles. The third kappa shape index (κ3) is 6.23. The van der Waals surface area contributed by atoms with Crippen LogP contribution >= 0.6 is 15.9 Å². The van der Waals surface area contributed by atoms with Gasteiger partial charge in [-0.3, -0.25) is 0 Å². The van der Waals surface area contributed by atoms with Crippen LogP contribution < -0.4 is 19.7 Å². The molecule has 1 aromatic heterocycles. The molecule has 4 rings (SSSR count). The molecule has 1 aliphatic carbocycles. The molecule has 0 amide bonds. The number of hydrogen-bond acceptors (Lipinski definition) is 7. The maximum atomic E-state index is 12.9. The van der Waals surface area contributed by atoms with E-state index in [1.54, 1.807) is 18.2 Å². The first kappa shape index (κ1) is 25.7. The fourth-order valence-electron chi connectivity index (χ4n) is 4.52. The number of anilines is 2. The van der Waals surface area contributed by atoms with Crippen molar-refractivity contribution in [3.05, 3.63) is 46.9 Å². The zero-order valence-corrected chi connectivity index (χ0v) is 22.7. The summed E-state index contributed by atoms with van der Waals surface area (Å²) in [6.45, 7) is 1.23. The third-order valence-corrected chi connectivity index (χ3v) is 8.44. The minimum atomic E-state index is -3.65. The number of benzene rings is 2. The number of nitrogens with zero attached hydrogens (tertiary/aromatic N) is 3. The Balaban J connectivity index is 1.30. The SMILES string of the molecule is COc1ccc(Br)cc1S(=O)(=O)NCC1CCC(CNc2nc(N(C)C)c3ccccc3n2)CC1. The van der Waals surface area contributed by atoms with Gasteiger partial charge in [0.2, 0.25) is 16.0 Å². The van der Waals surface area contributed by atoms with Gasteiger partial charge < -0.3 is 15.0 Å². The molecule has 1 aliphatic rings. The molecule has 2 N–H and O–H groups in total. The van der Waals surface area contributed by atoms with E-state index in [9.17, 15) is 8.42 Å². The highest BCUT2D eigenvalue weighted by atomic mass is 79.9. The fourth-order valence-corrected chi connectivity index (χ4v) is 6.34. The number of halogens is 1. The van der Waals surface area contributed by atoms with E-state index in [2.05, 4.69) is 31.0 Å². The average Bonchev–Trinajstić information content (AvgIpc) is 2.86. The van der Waals surface area contributed by atoms with Gasteiger partial charge in [-0.05, 0) is 67.9 Å². The molecule has 0 spiro atoms. The number of hydrogen-bond donors (Lipinski definition) is 2. The van der Waals surface area contributed by atoms with E-state index in [1.165, 1.54) is 7.11 Å². The molecule has 10 heteroatoms. The molecule has 0 unspecified atom stereocenters. The highest BCUT2D eigenvalue weighted by Gasteiger charge is 2.25. The van der Waals surface area contributed by atoms with Crippen LogP contribution in [0.1, 0.15) is 25.7 Å². The standard InChI is InChI=1S/C25H32BrN5O3S/c1-31(2)24-20-6-4-5-7-21(20)29-25(30-24)27-15-17-8-10-18(11-9-17)16-28-35(32,33)23-14-19(26)12-13-22(23)34-3/h4-7,12-14,17-18,28H,8-11,15-16H2,1-3H3,(H,27,29,30). The number of rotatable bonds is 9. The lowest BCUT2D eigenvalue weighted by Crippen LogP contribution is -2.32. The molecule has 1 fully saturated rings. The minimum Gasteiger partial charge on any atom is -0.495 e. The van der Waals surface area contributed by atoms with Gasteiger partial charge in [-0.2, -0.15) is 4.98 Å². The van der Waals surface area contributed by atoms with Crippen LogP contribution in [-0.4, -0.2) is 52.7 Å². The summed E-state index contributed by atoms with van der Waals surface area (Å²) >= 11 is 3.34. The van der Waals surface area contributed by atoms with Gasteiger partial charge in [0.25, 0.3) is 0 Å². The van der Waals surface area contributed by atoms with Crippen LogP contribution in [0.4, 0.5) is 11.8 Å². The Kier molecular flexibility index (Phi) is 8.13. The summed E-state index contributed by atoms with van der Waals surface area (Å²) in [5.41, 5.74) is 0.923. The summed E-state index contributed by atoms with van der Waals surface area (Å²) in [4.78, 5) is 11.6. The summed E-state index contributed by atoms with van der Waals surface area (Å²) in [6, 6.07) is 13.0.